The van der Waals surface area contributed by atoms with Gasteiger partial charge in [0.15, 0.2) is 0 Å². The first-order valence-electron chi connectivity index (χ1n) is 8.53. The fourth-order valence-corrected chi connectivity index (χ4v) is 4.17. The number of benzene rings is 1. The summed E-state index contributed by atoms with van der Waals surface area (Å²) in [5, 5.41) is 3.83. The van der Waals surface area contributed by atoms with E-state index < -0.39 is 0 Å². The zero-order valence-corrected chi connectivity index (χ0v) is 14.6. The second-order valence-corrected chi connectivity index (χ2v) is 7.38. The van der Waals surface area contributed by atoms with E-state index in [1.54, 1.807) is 12.3 Å². The van der Waals surface area contributed by atoms with Crippen molar-refractivity contribution < 1.29 is 9.21 Å². The minimum Gasteiger partial charge on any atom is -0.465 e. The molecular weight excluding hydrogens is 318 g/mol. The topological polar surface area (TPSA) is 42.2 Å². The predicted molar refractivity (Wildman–Crippen MR) is 101 cm³/mol. The smallest absolute Gasteiger partial charge is 0.252 e. The third-order valence-electron chi connectivity index (χ3n) is 4.20. The molecule has 1 N–H and O–H groups in total. The van der Waals surface area contributed by atoms with Crippen molar-refractivity contribution in [3.63, 3.8) is 0 Å². The van der Waals surface area contributed by atoms with E-state index >= 15 is 0 Å². The van der Waals surface area contributed by atoms with Crippen LogP contribution in [0.2, 0.25) is 0 Å². The highest BCUT2D eigenvalue weighted by molar-refractivity contribution is 7.99. The van der Waals surface area contributed by atoms with Gasteiger partial charge in [0.1, 0.15) is 5.76 Å². The number of thioether (sulfide) groups is 1. The van der Waals surface area contributed by atoms with Crippen molar-refractivity contribution in [2.24, 2.45) is 0 Å². The lowest BCUT2D eigenvalue weighted by Crippen LogP contribution is -2.27. The average molecular weight is 341 g/mol. The molecule has 126 valence electrons. The van der Waals surface area contributed by atoms with Gasteiger partial charge >= 0.3 is 0 Å². The second kappa shape index (κ2) is 8.78. The third-order valence-corrected chi connectivity index (χ3v) is 5.59. The second-order valence-electron chi connectivity index (χ2n) is 5.97. The van der Waals surface area contributed by atoms with Crippen LogP contribution in [0.1, 0.15) is 37.0 Å². The van der Waals surface area contributed by atoms with Crippen LogP contribution in [0.3, 0.4) is 0 Å². The third kappa shape index (κ3) is 4.78. The summed E-state index contributed by atoms with van der Waals surface area (Å²) in [5.41, 5.74) is 1.53. The highest BCUT2D eigenvalue weighted by Crippen LogP contribution is 2.29. The van der Waals surface area contributed by atoms with Crippen LogP contribution in [0.15, 0.2) is 53.1 Å². The molecule has 1 aromatic carbocycles. The largest absolute Gasteiger partial charge is 0.465 e. The number of hydrogen-bond acceptors (Lipinski definition) is 3. The minimum absolute atomic E-state index is 0.0513. The zero-order valence-electron chi connectivity index (χ0n) is 13.7. The molecule has 0 aliphatic heterocycles. The van der Waals surface area contributed by atoms with Crippen LogP contribution in [0.25, 0.3) is 11.6 Å². The maximum atomic E-state index is 12.6. The Labute approximate surface area is 147 Å². The van der Waals surface area contributed by atoms with E-state index in [1.165, 1.54) is 25.7 Å². The van der Waals surface area contributed by atoms with Gasteiger partial charge in [0.25, 0.3) is 5.91 Å². The number of carbonyl (C=O) groups is 1. The summed E-state index contributed by atoms with van der Waals surface area (Å²) in [6, 6.07) is 13.4. The summed E-state index contributed by atoms with van der Waals surface area (Å²) < 4.78 is 5.37. The molecule has 1 heterocycles. The predicted octanol–water partition coefficient (Wildman–Crippen LogP) is 4.61. The maximum absolute atomic E-state index is 12.6. The molecule has 1 amide bonds. The molecule has 0 spiro atoms. The lowest BCUT2D eigenvalue weighted by molar-refractivity contribution is -0.115. The summed E-state index contributed by atoms with van der Waals surface area (Å²) in [5.74, 6) is 1.60. The molecule has 4 heteroatoms. The van der Waals surface area contributed by atoms with Crippen LogP contribution in [-0.4, -0.2) is 23.5 Å². The van der Waals surface area contributed by atoms with Gasteiger partial charge in [-0.2, -0.15) is 11.8 Å². The molecule has 24 heavy (non-hydrogen) atoms. The van der Waals surface area contributed by atoms with Crippen molar-refractivity contribution in [1.82, 2.24) is 5.32 Å². The van der Waals surface area contributed by atoms with Crippen molar-refractivity contribution in [2.75, 3.05) is 12.3 Å². The average Bonchev–Trinajstić information content (AvgIpc) is 3.31. The van der Waals surface area contributed by atoms with Gasteiger partial charge in [0.05, 0.1) is 11.8 Å². The Balaban J connectivity index is 1.61. The Morgan fingerprint density at radius 3 is 2.67 bits per heavy atom. The number of nitrogens with one attached hydrogen (secondary N) is 1. The Morgan fingerprint density at radius 2 is 1.96 bits per heavy atom. The zero-order chi connectivity index (χ0) is 16.6. The van der Waals surface area contributed by atoms with E-state index in [2.05, 4.69) is 5.32 Å². The first-order valence-corrected chi connectivity index (χ1v) is 9.58. The monoisotopic (exact) mass is 341 g/mol. The molecule has 0 atom stereocenters. The highest BCUT2D eigenvalue weighted by atomic mass is 32.2. The molecule has 3 nitrogen and oxygen atoms in total. The van der Waals surface area contributed by atoms with Crippen LogP contribution in [0.5, 0.6) is 0 Å². The summed E-state index contributed by atoms with van der Waals surface area (Å²) in [7, 11) is 0. The van der Waals surface area contributed by atoms with Crippen LogP contribution in [-0.2, 0) is 4.79 Å². The molecular formula is C20H23NO2S. The molecule has 2 aromatic rings. The van der Waals surface area contributed by atoms with E-state index in [0.717, 1.165) is 16.6 Å². The first kappa shape index (κ1) is 16.9. The standard InChI is InChI=1S/C20H23NO2S/c22-20(21-12-14-24-18-10-4-5-11-18)19(15-17-9-6-13-23-17)16-7-2-1-3-8-16/h1-3,6-9,13,15,18H,4-5,10-12,14H2,(H,21,22)/b19-15+. The Hall–Kier alpha value is -1.94. The molecule has 1 aliphatic carbocycles. The van der Waals surface area contributed by atoms with E-state index in [1.807, 2.05) is 54.2 Å². The maximum Gasteiger partial charge on any atom is 0.252 e. The van der Waals surface area contributed by atoms with Crippen LogP contribution < -0.4 is 5.32 Å². The van der Waals surface area contributed by atoms with Crippen LogP contribution in [0.4, 0.5) is 0 Å². The Kier molecular flexibility index (Phi) is 6.19. The van der Waals surface area contributed by atoms with Crippen molar-refractivity contribution in [3.05, 3.63) is 60.1 Å². The van der Waals surface area contributed by atoms with E-state index in [0.29, 0.717) is 17.9 Å². The molecule has 1 fully saturated rings. The highest BCUT2D eigenvalue weighted by Gasteiger charge is 2.16. The van der Waals surface area contributed by atoms with Gasteiger partial charge in [-0.3, -0.25) is 4.79 Å². The van der Waals surface area contributed by atoms with Gasteiger partial charge in [-0.05, 0) is 36.6 Å². The Morgan fingerprint density at radius 1 is 1.17 bits per heavy atom. The lowest BCUT2D eigenvalue weighted by atomic mass is 10.0. The number of carbonyl (C=O) groups excluding carboxylic acids is 1. The summed E-state index contributed by atoms with van der Waals surface area (Å²) in [4.78, 5) is 12.6. The molecule has 1 aliphatic rings. The van der Waals surface area contributed by atoms with Crippen molar-refractivity contribution in [1.29, 1.82) is 0 Å². The van der Waals surface area contributed by atoms with Crippen molar-refractivity contribution in [3.8, 4) is 0 Å². The van der Waals surface area contributed by atoms with Crippen LogP contribution >= 0.6 is 11.8 Å². The lowest BCUT2D eigenvalue weighted by Gasteiger charge is -2.11. The van der Waals surface area contributed by atoms with Gasteiger partial charge in [-0.15, -0.1) is 0 Å². The molecule has 3 rings (SSSR count). The van der Waals surface area contributed by atoms with Gasteiger partial charge in [-0.25, -0.2) is 0 Å². The fraction of sp³-hybridized carbons (Fsp3) is 0.350. The van der Waals surface area contributed by atoms with E-state index in [4.69, 9.17) is 4.42 Å². The normalized spacial score (nSPS) is 15.6. The quantitative estimate of drug-likeness (QED) is 0.590. The van der Waals surface area contributed by atoms with E-state index in [9.17, 15) is 4.79 Å². The molecule has 0 radical (unpaired) electrons. The first-order chi connectivity index (χ1) is 11.8. The summed E-state index contributed by atoms with van der Waals surface area (Å²) in [6.45, 7) is 0.697. The van der Waals surface area contributed by atoms with Gasteiger partial charge in [0.2, 0.25) is 0 Å². The van der Waals surface area contributed by atoms with E-state index in [-0.39, 0.29) is 5.91 Å². The number of hydrogen-bond donors (Lipinski definition) is 1. The fourth-order valence-electron chi connectivity index (χ4n) is 2.95. The van der Waals surface area contributed by atoms with Crippen molar-refractivity contribution >= 4 is 29.3 Å². The number of amides is 1. The summed E-state index contributed by atoms with van der Waals surface area (Å²) in [6.07, 6.45) is 8.78. The molecule has 1 saturated carbocycles. The number of rotatable bonds is 7. The number of furan rings is 1. The molecule has 0 unspecified atom stereocenters. The summed E-state index contributed by atoms with van der Waals surface area (Å²) >= 11 is 1.99. The minimum atomic E-state index is -0.0513. The SMILES string of the molecule is O=C(NCCSC1CCCC1)/C(=C/c1ccco1)c1ccccc1. The molecule has 0 saturated heterocycles. The van der Waals surface area contributed by atoms with Crippen molar-refractivity contribution in [2.45, 2.75) is 30.9 Å². The molecule has 1 aromatic heterocycles. The van der Waals surface area contributed by atoms with Gasteiger partial charge in [0, 0.05) is 17.5 Å². The molecule has 0 bridgehead atoms. The van der Waals surface area contributed by atoms with Crippen LogP contribution in [0, 0.1) is 0 Å². The van der Waals surface area contributed by atoms with Gasteiger partial charge < -0.3 is 9.73 Å². The Bertz CT molecular complexity index is 658. The van der Waals surface area contributed by atoms with Gasteiger partial charge in [-0.1, -0.05) is 43.2 Å².